The first-order valence-electron chi connectivity index (χ1n) is 4.03. The normalized spacial score (nSPS) is 15.6. The summed E-state index contributed by atoms with van der Waals surface area (Å²) >= 11 is 0. The summed E-state index contributed by atoms with van der Waals surface area (Å²) in [7, 11) is 2.89. The summed E-state index contributed by atoms with van der Waals surface area (Å²) in [6.07, 6.45) is 0.127. The van der Waals surface area contributed by atoms with Crippen LogP contribution in [-0.2, 0) is 31.0 Å². The average Bonchev–Trinajstić information content (AvgIpc) is 2.14. The molecule has 0 bridgehead atoms. The first-order chi connectivity index (χ1) is 6.02. The van der Waals surface area contributed by atoms with Crippen LogP contribution in [0, 0.1) is 0 Å². The maximum Gasteiger partial charge on any atom is 0.187 e. The molecule has 2 atom stereocenters. The number of ether oxygens (including phenoxy) is 2. The summed E-state index contributed by atoms with van der Waals surface area (Å²) in [5, 5.41) is 9.29. The van der Waals surface area contributed by atoms with Gasteiger partial charge >= 0.3 is 0 Å². The number of rotatable bonds is 5. The van der Waals surface area contributed by atoms with Gasteiger partial charge in [0.1, 0.15) is 18.0 Å². The third-order valence-corrected chi connectivity index (χ3v) is 1.81. The Balaban J connectivity index is 0. The molecule has 0 amide bonds. The number of hydrogen-bond donors (Lipinski definition) is 1. The second kappa shape index (κ2) is 7.99. The molecule has 0 aromatic rings. The van der Waals surface area contributed by atoms with Crippen molar-refractivity contribution < 1.29 is 36.2 Å². The number of aliphatic hydroxyl groups excluding tert-OH is 1. The van der Waals surface area contributed by atoms with Crippen molar-refractivity contribution in [1.29, 1.82) is 0 Å². The van der Waals surface area contributed by atoms with Crippen LogP contribution in [-0.4, -0.2) is 37.3 Å². The Bertz CT molecular complexity index is 203. The molecule has 5 heteroatoms. The van der Waals surface area contributed by atoms with Gasteiger partial charge in [-0.3, -0.25) is 4.79 Å². The maximum atomic E-state index is 11.2. The van der Waals surface area contributed by atoms with Crippen molar-refractivity contribution in [3.8, 4) is 0 Å². The minimum atomic E-state index is -0.536. The molecular formula is C9H16CoO4. The van der Waals surface area contributed by atoms with Gasteiger partial charge < -0.3 is 14.6 Å². The largest absolute Gasteiger partial charge is 0.509 e. The number of carbonyl (C=O) groups is 1. The van der Waals surface area contributed by atoms with Crippen molar-refractivity contribution in [2.45, 2.75) is 26.1 Å². The van der Waals surface area contributed by atoms with E-state index in [0.717, 1.165) is 6.08 Å². The number of carbonyl (C=O) groups excluding carboxylic acids is 1. The molecule has 4 nitrogen and oxygen atoms in total. The Hall–Kier alpha value is -0.364. The molecule has 0 fully saturated rings. The third-order valence-electron chi connectivity index (χ3n) is 1.81. The number of ketones is 1. The Kier molecular flexibility index (Phi) is 9.17. The molecule has 1 radical (unpaired) electrons. The Morgan fingerprint density at radius 2 is 1.64 bits per heavy atom. The number of methoxy groups -OCH3 is 2. The van der Waals surface area contributed by atoms with E-state index >= 15 is 0 Å². The summed E-state index contributed by atoms with van der Waals surface area (Å²) in [5.41, 5.74) is 0. The molecule has 0 spiro atoms. The molecule has 85 valence electrons. The van der Waals surface area contributed by atoms with Gasteiger partial charge in [-0.05, 0) is 13.8 Å². The molecule has 1 N–H and O–H groups in total. The SMILES string of the molecule is COC(C)C(=O)/C=C(\O)C(C)OC.[Co]. The fourth-order valence-corrected chi connectivity index (χ4v) is 0.617. The van der Waals surface area contributed by atoms with Gasteiger partial charge in [-0.15, -0.1) is 0 Å². The number of hydrogen-bond acceptors (Lipinski definition) is 4. The monoisotopic (exact) mass is 247 g/mol. The summed E-state index contributed by atoms with van der Waals surface area (Å²) < 4.78 is 9.60. The fourth-order valence-electron chi connectivity index (χ4n) is 0.617. The van der Waals surface area contributed by atoms with E-state index in [0.29, 0.717) is 0 Å². The van der Waals surface area contributed by atoms with E-state index < -0.39 is 12.2 Å². The molecule has 0 saturated carbocycles. The van der Waals surface area contributed by atoms with Gasteiger partial charge in [0.05, 0.1) is 0 Å². The second-order valence-electron chi connectivity index (χ2n) is 2.73. The molecule has 0 aliphatic carbocycles. The molecule has 0 aliphatic heterocycles. The Morgan fingerprint density at radius 3 is 2.00 bits per heavy atom. The van der Waals surface area contributed by atoms with Crippen LogP contribution in [0.25, 0.3) is 0 Å². The molecule has 0 saturated heterocycles. The predicted molar refractivity (Wildman–Crippen MR) is 48.7 cm³/mol. The standard InChI is InChI=1S/C9H16O4.Co/c1-6(12-3)8(10)5-9(11)7(2)13-4;/h5-7,10H,1-4H3;/b8-5-;. The van der Waals surface area contributed by atoms with Crippen LogP contribution >= 0.6 is 0 Å². The van der Waals surface area contributed by atoms with Gasteiger partial charge in [0.25, 0.3) is 0 Å². The third kappa shape index (κ3) is 5.38. The zero-order valence-electron chi connectivity index (χ0n) is 8.74. The zero-order valence-corrected chi connectivity index (χ0v) is 9.78. The van der Waals surface area contributed by atoms with Crippen LogP contribution in [0.5, 0.6) is 0 Å². The summed E-state index contributed by atoms with van der Waals surface area (Å²) in [5.74, 6) is -0.361. The molecule has 0 aliphatic rings. The van der Waals surface area contributed by atoms with Gasteiger partial charge in [0.2, 0.25) is 0 Å². The minimum Gasteiger partial charge on any atom is -0.509 e. The molecule has 2 unspecified atom stereocenters. The summed E-state index contributed by atoms with van der Waals surface area (Å²) in [4.78, 5) is 11.2. The van der Waals surface area contributed by atoms with Crippen molar-refractivity contribution in [2.75, 3.05) is 14.2 Å². The molecule has 0 heterocycles. The second-order valence-corrected chi connectivity index (χ2v) is 2.73. The van der Waals surface area contributed by atoms with Crippen LogP contribution < -0.4 is 0 Å². The quantitative estimate of drug-likeness (QED) is 0.583. The van der Waals surface area contributed by atoms with E-state index in [2.05, 4.69) is 0 Å². The van der Waals surface area contributed by atoms with Crippen molar-refractivity contribution in [2.24, 2.45) is 0 Å². The Labute approximate surface area is 94.5 Å². The summed E-state index contributed by atoms with van der Waals surface area (Å²) in [6.45, 7) is 3.26. The first-order valence-corrected chi connectivity index (χ1v) is 4.03. The van der Waals surface area contributed by atoms with E-state index in [1.165, 1.54) is 14.2 Å². The molecule has 0 aromatic carbocycles. The molecule has 0 aromatic heterocycles. The van der Waals surface area contributed by atoms with E-state index in [-0.39, 0.29) is 28.3 Å². The van der Waals surface area contributed by atoms with E-state index in [1.807, 2.05) is 0 Å². The minimum absolute atomic E-state index is 0. The van der Waals surface area contributed by atoms with E-state index in [4.69, 9.17) is 9.47 Å². The van der Waals surface area contributed by atoms with Crippen molar-refractivity contribution in [3.63, 3.8) is 0 Å². The zero-order chi connectivity index (χ0) is 10.4. The van der Waals surface area contributed by atoms with Crippen LogP contribution in [0.1, 0.15) is 13.8 Å². The smallest absolute Gasteiger partial charge is 0.187 e. The van der Waals surface area contributed by atoms with Gasteiger partial charge in [-0.2, -0.15) is 0 Å². The molecular weight excluding hydrogens is 231 g/mol. The van der Waals surface area contributed by atoms with E-state index in [1.54, 1.807) is 13.8 Å². The first kappa shape index (κ1) is 16.1. The van der Waals surface area contributed by atoms with Gasteiger partial charge in [-0.25, -0.2) is 0 Å². The predicted octanol–water partition coefficient (Wildman–Crippen LogP) is 1.06. The van der Waals surface area contributed by atoms with Crippen molar-refractivity contribution >= 4 is 5.78 Å². The topological polar surface area (TPSA) is 55.8 Å². The van der Waals surface area contributed by atoms with Crippen molar-refractivity contribution in [1.82, 2.24) is 0 Å². The van der Waals surface area contributed by atoms with Crippen LogP contribution in [0.4, 0.5) is 0 Å². The van der Waals surface area contributed by atoms with Gasteiger partial charge in [0.15, 0.2) is 5.78 Å². The molecule has 0 rings (SSSR count). The van der Waals surface area contributed by atoms with Crippen LogP contribution in [0.15, 0.2) is 11.8 Å². The fraction of sp³-hybridized carbons (Fsp3) is 0.667. The Morgan fingerprint density at radius 1 is 1.21 bits per heavy atom. The van der Waals surface area contributed by atoms with Gasteiger partial charge in [0, 0.05) is 37.1 Å². The van der Waals surface area contributed by atoms with Crippen molar-refractivity contribution in [3.05, 3.63) is 11.8 Å². The van der Waals surface area contributed by atoms with Gasteiger partial charge in [-0.1, -0.05) is 0 Å². The van der Waals surface area contributed by atoms with Crippen LogP contribution in [0.2, 0.25) is 0 Å². The summed E-state index contributed by atoms with van der Waals surface area (Å²) in [6, 6.07) is 0. The molecule has 14 heavy (non-hydrogen) atoms. The number of aliphatic hydroxyl groups is 1. The van der Waals surface area contributed by atoms with Crippen LogP contribution in [0.3, 0.4) is 0 Å². The average molecular weight is 247 g/mol. The maximum absolute atomic E-state index is 11.2. The van der Waals surface area contributed by atoms with E-state index in [9.17, 15) is 9.90 Å².